The molecule has 1 aromatic rings. The van der Waals surface area contributed by atoms with Crippen molar-refractivity contribution in [3.05, 3.63) is 35.9 Å². The third kappa shape index (κ3) is 8.62. The van der Waals surface area contributed by atoms with Gasteiger partial charge in [-0.15, -0.1) is 11.8 Å². The molecule has 1 aliphatic rings. The molecule has 1 aliphatic heterocycles. The van der Waals surface area contributed by atoms with Crippen LogP contribution >= 0.6 is 11.8 Å². The fourth-order valence-electron chi connectivity index (χ4n) is 3.49. The summed E-state index contributed by atoms with van der Waals surface area (Å²) in [5.41, 5.74) is 0.417. The molecule has 1 saturated heterocycles. The van der Waals surface area contributed by atoms with Gasteiger partial charge in [0.2, 0.25) is 0 Å². The van der Waals surface area contributed by atoms with Crippen molar-refractivity contribution in [2.45, 2.75) is 76.6 Å². The molecule has 6 atom stereocenters. The fourth-order valence-corrected chi connectivity index (χ4v) is 4.43. The largest absolute Gasteiger partial charge is 0.466 e. The highest BCUT2D eigenvalue weighted by atomic mass is 32.2. The fraction of sp³-hybridized carbons (Fsp3) is 0.609. The zero-order valence-corrected chi connectivity index (χ0v) is 20.2. The van der Waals surface area contributed by atoms with E-state index in [-0.39, 0.29) is 19.6 Å². The number of hydrogen-bond acceptors (Lipinski definition) is 9. The van der Waals surface area contributed by atoms with E-state index < -0.39 is 53.7 Å². The minimum atomic E-state index is -1.16. The molecule has 0 bridgehead atoms. The molecule has 9 nitrogen and oxygen atoms in total. The third-order valence-electron chi connectivity index (χ3n) is 5.04. The van der Waals surface area contributed by atoms with Gasteiger partial charge in [0.15, 0.2) is 6.10 Å². The van der Waals surface area contributed by atoms with Gasteiger partial charge in [0, 0.05) is 20.3 Å². The second kappa shape index (κ2) is 13.5. The van der Waals surface area contributed by atoms with E-state index in [1.807, 2.05) is 37.3 Å². The van der Waals surface area contributed by atoms with Crippen molar-refractivity contribution in [2.75, 3.05) is 12.4 Å². The standard InChI is InChI=1S/C23H33NO8S/c1-5-33-23-20(27)21(30-13-17-9-7-6-8-10-17)19(14(2)31-23)24-22(28)18(32-16(4)26)11-12-29-15(3)25/h6-10,14,18-21,23,27H,5,11-13H2,1-4H3,(H,24,28)/t14-,18-,19-,20+,21+,23-/m1/s1. The zero-order chi connectivity index (χ0) is 24.4. The molecule has 184 valence electrons. The third-order valence-corrected chi connectivity index (χ3v) is 6.09. The maximum atomic E-state index is 13.0. The first kappa shape index (κ1) is 27.1. The van der Waals surface area contributed by atoms with E-state index in [0.717, 1.165) is 11.3 Å². The van der Waals surface area contributed by atoms with E-state index in [1.165, 1.54) is 25.6 Å². The van der Waals surface area contributed by atoms with Gasteiger partial charge in [-0.05, 0) is 18.2 Å². The van der Waals surface area contributed by atoms with Crippen molar-refractivity contribution in [1.29, 1.82) is 0 Å². The first-order chi connectivity index (χ1) is 15.7. The van der Waals surface area contributed by atoms with Crippen LogP contribution in [0.15, 0.2) is 30.3 Å². The molecule has 1 aromatic carbocycles. The highest BCUT2D eigenvalue weighted by Gasteiger charge is 2.45. The minimum Gasteiger partial charge on any atom is -0.466 e. The molecule has 1 heterocycles. The van der Waals surface area contributed by atoms with Crippen LogP contribution in [0.5, 0.6) is 0 Å². The van der Waals surface area contributed by atoms with Crippen molar-refractivity contribution in [2.24, 2.45) is 0 Å². The second-order valence-electron chi connectivity index (χ2n) is 7.68. The summed E-state index contributed by atoms with van der Waals surface area (Å²) in [6.45, 7) is 6.36. The van der Waals surface area contributed by atoms with Crippen LogP contribution in [0.3, 0.4) is 0 Å². The molecular weight excluding hydrogens is 450 g/mol. The molecule has 2 rings (SSSR count). The monoisotopic (exact) mass is 483 g/mol. The van der Waals surface area contributed by atoms with E-state index in [9.17, 15) is 19.5 Å². The Morgan fingerprint density at radius 3 is 2.48 bits per heavy atom. The molecule has 0 aliphatic carbocycles. The molecule has 0 saturated carbocycles. The summed E-state index contributed by atoms with van der Waals surface area (Å²) in [5.74, 6) is -0.980. The van der Waals surface area contributed by atoms with E-state index in [1.54, 1.807) is 6.92 Å². The first-order valence-corrected chi connectivity index (χ1v) is 12.0. The van der Waals surface area contributed by atoms with Crippen LogP contribution in [-0.4, -0.2) is 71.2 Å². The van der Waals surface area contributed by atoms with E-state index in [4.69, 9.17) is 18.9 Å². The van der Waals surface area contributed by atoms with Gasteiger partial charge in [-0.25, -0.2) is 0 Å². The number of carbonyl (C=O) groups excluding carboxylic acids is 3. The topological polar surface area (TPSA) is 120 Å². The van der Waals surface area contributed by atoms with Crippen LogP contribution in [-0.2, 0) is 39.9 Å². The molecule has 0 radical (unpaired) electrons. The van der Waals surface area contributed by atoms with Gasteiger partial charge in [-0.1, -0.05) is 37.3 Å². The van der Waals surface area contributed by atoms with Gasteiger partial charge in [-0.3, -0.25) is 14.4 Å². The van der Waals surface area contributed by atoms with Crippen LogP contribution in [0.1, 0.15) is 39.7 Å². The summed E-state index contributed by atoms with van der Waals surface area (Å²) in [6, 6.07) is 8.81. The summed E-state index contributed by atoms with van der Waals surface area (Å²) in [4.78, 5) is 35.5. The molecule has 33 heavy (non-hydrogen) atoms. The van der Waals surface area contributed by atoms with Crippen molar-refractivity contribution in [3.63, 3.8) is 0 Å². The number of ether oxygens (including phenoxy) is 4. The summed E-state index contributed by atoms with van der Waals surface area (Å²) in [7, 11) is 0. The van der Waals surface area contributed by atoms with Gasteiger partial charge < -0.3 is 29.4 Å². The minimum absolute atomic E-state index is 0.000639. The van der Waals surface area contributed by atoms with Crippen LogP contribution in [0, 0.1) is 0 Å². The lowest BCUT2D eigenvalue weighted by molar-refractivity contribution is -0.178. The number of amides is 1. The quantitative estimate of drug-likeness (QED) is 0.454. The normalized spacial score (nSPS) is 25.7. The summed E-state index contributed by atoms with van der Waals surface area (Å²) in [5, 5.41) is 13.8. The number of thioether (sulfide) groups is 1. The predicted octanol–water partition coefficient (Wildman–Crippen LogP) is 1.80. The van der Waals surface area contributed by atoms with Gasteiger partial charge in [0.05, 0.1) is 25.4 Å². The van der Waals surface area contributed by atoms with Crippen molar-refractivity contribution in [3.8, 4) is 0 Å². The first-order valence-electron chi connectivity index (χ1n) is 10.9. The Hall–Kier alpha value is -2.14. The molecule has 10 heteroatoms. The van der Waals surface area contributed by atoms with E-state index >= 15 is 0 Å². The van der Waals surface area contributed by atoms with Gasteiger partial charge >= 0.3 is 11.9 Å². The number of esters is 2. The average Bonchev–Trinajstić information content (AvgIpc) is 2.76. The Morgan fingerprint density at radius 2 is 1.88 bits per heavy atom. The lowest BCUT2D eigenvalue weighted by atomic mass is 9.97. The van der Waals surface area contributed by atoms with Gasteiger partial charge in [0.1, 0.15) is 17.6 Å². The Morgan fingerprint density at radius 1 is 1.18 bits per heavy atom. The molecule has 1 fully saturated rings. The zero-order valence-electron chi connectivity index (χ0n) is 19.4. The molecule has 0 unspecified atom stereocenters. The highest BCUT2D eigenvalue weighted by molar-refractivity contribution is 7.99. The summed E-state index contributed by atoms with van der Waals surface area (Å²) in [6.07, 6.45) is -3.39. The van der Waals surface area contributed by atoms with Crippen molar-refractivity contribution in [1.82, 2.24) is 5.32 Å². The molecule has 2 N–H and O–H groups in total. The van der Waals surface area contributed by atoms with Gasteiger partial charge in [0.25, 0.3) is 5.91 Å². The number of aliphatic hydroxyl groups excluding tert-OH is 1. The van der Waals surface area contributed by atoms with Crippen LogP contribution < -0.4 is 5.32 Å². The number of rotatable bonds is 11. The van der Waals surface area contributed by atoms with Gasteiger partial charge in [-0.2, -0.15) is 0 Å². The number of benzene rings is 1. The maximum Gasteiger partial charge on any atom is 0.303 e. The summed E-state index contributed by atoms with van der Waals surface area (Å²) >= 11 is 1.46. The lowest BCUT2D eigenvalue weighted by Gasteiger charge is -2.44. The van der Waals surface area contributed by atoms with Crippen LogP contribution in [0.25, 0.3) is 0 Å². The van der Waals surface area contributed by atoms with Crippen molar-refractivity contribution < 1.29 is 38.4 Å². The maximum absolute atomic E-state index is 13.0. The highest BCUT2D eigenvalue weighted by Crippen LogP contribution is 2.30. The molecule has 1 amide bonds. The summed E-state index contributed by atoms with van der Waals surface area (Å²) < 4.78 is 22.0. The average molecular weight is 484 g/mol. The predicted molar refractivity (Wildman–Crippen MR) is 122 cm³/mol. The number of aliphatic hydroxyl groups is 1. The molecule has 0 aromatic heterocycles. The Kier molecular flexibility index (Phi) is 11.1. The lowest BCUT2D eigenvalue weighted by Crippen LogP contribution is -2.64. The number of nitrogens with one attached hydrogen (secondary N) is 1. The second-order valence-corrected chi connectivity index (χ2v) is 9.05. The molecular formula is C23H33NO8S. The van der Waals surface area contributed by atoms with Crippen LogP contribution in [0.4, 0.5) is 0 Å². The number of hydrogen-bond donors (Lipinski definition) is 2. The Labute approximate surface area is 198 Å². The van der Waals surface area contributed by atoms with Crippen LogP contribution in [0.2, 0.25) is 0 Å². The smallest absolute Gasteiger partial charge is 0.303 e. The number of carbonyl (C=O) groups is 3. The molecule has 0 spiro atoms. The Bertz CT molecular complexity index is 777. The Balaban J connectivity index is 2.15. The van der Waals surface area contributed by atoms with E-state index in [2.05, 4.69) is 5.32 Å². The van der Waals surface area contributed by atoms with Crippen molar-refractivity contribution >= 4 is 29.6 Å². The SMILES string of the molecule is CCS[C@H]1O[C@H](C)[C@@H](NC(=O)[C@@H](CCOC(C)=O)OC(C)=O)[C@H](OCc2ccccc2)[C@@H]1O. The van der Waals surface area contributed by atoms with E-state index in [0.29, 0.717) is 0 Å².